The van der Waals surface area contributed by atoms with Gasteiger partial charge in [0, 0.05) is 12.1 Å². The summed E-state index contributed by atoms with van der Waals surface area (Å²) in [5, 5.41) is 3.50. The topological polar surface area (TPSA) is 21.3 Å². The van der Waals surface area contributed by atoms with Crippen LogP contribution < -0.4 is 10.1 Å². The van der Waals surface area contributed by atoms with Crippen LogP contribution >= 0.6 is 0 Å². The van der Waals surface area contributed by atoms with E-state index >= 15 is 0 Å². The summed E-state index contributed by atoms with van der Waals surface area (Å²) in [6.45, 7) is 6.23. The first-order valence-corrected chi connectivity index (χ1v) is 7.17. The quantitative estimate of drug-likeness (QED) is 0.870. The number of rotatable bonds is 5. The molecule has 0 saturated carbocycles. The Morgan fingerprint density at radius 2 is 1.67 bits per heavy atom. The van der Waals surface area contributed by atoms with E-state index in [2.05, 4.69) is 43.4 Å². The third-order valence-corrected chi connectivity index (χ3v) is 3.72. The highest BCUT2D eigenvalue weighted by molar-refractivity contribution is 5.31. The van der Waals surface area contributed by atoms with E-state index in [1.165, 1.54) is 24.3 Å². The Morgan fingerprint density at radius 1 is 1.00 bits per heavy atom. The Hall–Kier alpha value is -1.87. The van der Waals surface area contributed by atoms with E-state index in [1.807, 2.05) is 13.0 Å². The van der Waals surface area contributed by atoms with Crippen LogP contribution in [0.5, 0.6) is 5.75 Å². The maximum atomic E-state index is 13.8. The summed E-state index contributed by atoms with van der Waals surface area (Å²) in [7, 11) is 1.47. The maximum absolute atomic E-state index is 13.8. The molecule has 0 aliphatic carbocycles. The second kappa shape index (κ2) is 6.72. The van der Waals surface area contributed by atoms with Crippen molar-refractivity contribution >= 4 is 0 Å². The predicted octanol–water partition coefficient (Wildman–Crippen LogP) is 4.55. The van der Waals surface area contributed by atoms with Crippen molar-refractivity contribution in [3.8, 4) is 5.75 Å². The average Bonchev–Trinajstić information content (AvgIpc) is 2.47. The first-order chi connectivity index (χ1) is 10.0. The lowest BCUT2D eigenvalue weighted by Gasteiger charge is -2.21. The molecule has 0 fully saturated rings. The SMILES string of the molecule is COc1ccc(C(C)NC(C)c2cccc(C)c2)cc1F. The fourth-order valence-electron chi connectivity index (χ4n) is 2.46. The lowest BCUT2D eigenvalue weighted by Crippen LogP contribution is -2.22. The smallest absolute Gasteiger partial charge is 0.165 e. The summed E-state index contributed by atoms with van der Waals surface area (Å²) in [5.74, 6) is -0.0514. The van der Waals surface area contributed by atoms with Gasteiger partial charge < -0.3 is 10.1 Å². The number of hydrogen-bond donors (Lipinski definition) is 1. The Balaban J connectivity index is 2.10. The highest BCUT2D eigenvalue weighted by Crippen LogP contribution is 2.24. The number of benzene rings is 2. The van der Waals surface area contributed by atoms with Gasteiger partial charge >= 0.3 is 0 Å². The van der Waals surface area contributed by atoms with Crippen molar-refractivity contribution in [3.63, 3.8) is 0 Å². The summed E-state index contributed by atoms with van der Waals surface area (Å²) >= 11 is 0. The zero-order chi connectivity index (χ0) is 15.4. The van der Waals surface area contributed by atoms with Crippen LogP contribution in [0.1, 0.15) is 42.6 Å². The third kappa shape index (κ3) is 3.82. The molecule has 0 radical (unpaired) electrons. The van der Waals surface area contributed by atoms with Crippen molar-refractivity contribution in [2.75, 3.05) is 7.11 Å². The second-order valence-corrected chi connectivity index (χ2v) is 5.42. The summed E-state index contributed by atoms with van der Waals surface area (Å²) in [5.41, 5.74) is 3.38. The monoisotopic (exact) mass is 287 g/mol. The summed E-state index contributed by atoms with van der Waals surface area (Å²) in [6, 6.07) is 13.7. The van der Waals surface area contributed by atoms with Gasteiger partial charge in [-0.15, -0.1) is 0 Å². The minimum atomic E-state index is -0.327. The van der Waals surface area contributed by atoms with E-state index in [4.69, 9.17) is 4.74 Å². The highest BCUT2D eigenvalue weighted by atomic mass is 19.1. The van der Waals surface area contributed by atoms with Crippen LogP contribution in [0.15, 0.2) is 42.5 Å². The molecule has 21 heavy (non-hydrogen) atoms. The third-order valence-electron chi connectivity index (χ3n) is 3.72. The van der Waals surface area contributed by atoms with Gasteiger partial charge in [0.2, 0.25) is 0 Å². The van der Waals surface area contributed by atoms with Crippen molar-refractivity contribution in [2.45, 2.75) is 32.9 Å². The predicted molar refractivity (Wildman–Crippen MR) is 84.1 cm³/mol. The van der Waals surface area contributed by atoms with Gasteiger partial charge in [0.05, 0.1) is 7.11 Å². The molecule has 0 aliphatic rings. The van der Waals surface area contributed by atoms with Crippen LogP contribution in [0.2, 0.25) is 0 Å². The zero-order valence-corrected chi connectivity index (χ0v) is 13.0. The Bertz CT molecular complexity index is 612. The molecule has 2 atom stereocenters. The van der Waals surface area contributed by atoms with Crippen LogP contribution in [0, 0.1) is 12.7 Å². The maximum Gasteiger partial charge on any atom is 0.165 e. The molecule has 0 amide bonds. The van der Waals surface area contributed by atoms with Crippen LogP contribution in [-0.2, 0) is 0 Å². The van der Waals surface area contributed by atoms with Crippen LogP contribution in [0.25, 0.3) is 0 Å². The Labute approximate surface area is 126 Å². The van der Waals surface area contributed by atoms with Crippen LogP contribution in [-0.4, -0.2) is 7.11 Å². The minimum absolute atomic E-state index is 0.0564. The lowest BCUT2D eigenvalue weighted by atomic mass is 10.0. The van der Waals surface area contributed by atoms with Crippen LogP contribution in [0.3, 0.4) is 0 Å². The van der Waals surface area contributed by atoms with E-state index in [0.717, 1.165) is 5.56 Å². The molecule has 2 aromatic carbocycles. The lowest BCUT2D eigenvalue weighted by molar-refractivity contribution is 0.385. The number of hydrogen-bond acceptors (Lipinski definition) is 2. The molecule has 1 N–H and O–H groups in total. The van der Waals surface area contributed by atoms with Gasteiger partial charge in [-0.2, -0.15) is 0 Å². The summed E-state index contributed by atoms with van der Waals surface area (Å²) in [6.07, 6.45) is 0. The van der Waals surface area contributed by atoms with E-state index in [1.54, 1.807) is 6.07 Å². The Kier molecular flexibility index (Phi) is 4.97. The molecule has 2 nitrogen and oxygen atoms in total. The number of aryl methyl sites for hydroxylation is 1. The van der Waals surface area contributed by atoms with Gasteiger partial charge in [-0.1, -0.05) is 35.9 Å². The highest BCUT2D eigenvalue weighted by Gasteiger charge is 2.13. The minimum Gasteiger partial charge on any atom is -0.494 e. The largest absolute Gasteiger partial charge is 0.494 e. The van der Waals surface area contributed by atoms with Crippen molar-refractivity contribution in [1.29, 1.82) is 0 Å². The number of nitrogens with one attached hydrogen (secondary N) is 1. The molecule has 0 bridgehead atoms. The molecular formula is C18H22FNO. The molecule has 2 unspecified atom stereocenters. The number of halogens is 1. The molecule has 0 aromatic heterocycles. The van der Waals surface area contributed by atoms with Gasteiger partial charge in [0.25, 0.3) is 0 Å². The summed E-state index contributed by atoms with van der Waals surface area (Å²) in [4.78, 5) is 0. The first kappa shape index (κ1) is 15.5. The molecule has 112 valence electrons. The molecular weight excluding hydrogens is 265 g/mol. The molecule has 2 aromatic rings. The second-order valence-electron chi connectivity index (χ2n) is 5.42. The summed E-state index contributed by atoms with van der Waals surface area (Å²) < 4.78 is 18.7. The van der Waals surface area contributed by atoms with Crippen LogP contribution in [0.4, 0.5) is 4.39 Å². The molecule has 0 aliphatic heterocycles. The van der Waals surface area contributed by atoms with Crippen molar-refractivity contribution in [2.24, 2.45) is 0 Å². The van der Waals surface area contributed by atoms with Crippen molar-refractivity contribution < 1.29 is 9.13 Å². The van der Waals surface area contributed by atoms with E-state index in [9.17, 15) is 4.39 Å². The first-order valence-electron chi connectivity index (χ1n) is 7.17. The zero-order valence-electron chi connectivity index (χ0n) is 13.0. The van der Waals surface area contributed by atoms with Gasteiger partial charge in [-0.25, -0.2) is 4.39 Å². The Morgan fingerprint density at radius 3 is 2.24 bits per heavy atom. The normalized spacial score (nSPS) is 13.8. The van der Waals surface area contributed by atoms with E-state index in [-0.39, 0.29) is 23.7 Å². The van der Waals surface area contributed by atoms with Crippen molar-refractivity contribution in [3.05, 3.63) is 65.0 Å². The van der Waals surface area contributed by atoms with Gasteiger partial charge in [0.1, 0.15) is 0 Å². The number of methoxy groups -OCH3 is 1. The van der Waals surface area contributed by atoms with Gasteiger partial charge in [-0.3, -0.25) is 0 Å². The van der Waals surface area contributed by atoms with Gasteiger partial charge in [-0.05, 0) is 44.0 Å². The molecule has 0 heterocycles. The number of ether oxygens (including phenoxy) is 1. The fraction of sp³-hybridized carbons (Fsp3) is 0.333. The van der Waals surface area contributed by atoms with Crippen molar-refractivity contribution in [1.82, 2.24) is 5.32 Å². The molecule has 0 saturated heterocycles. The fourth-order valence-corrected chi connectivity index (χ4v) is 2.46. The van der Waals surface area contributed by atoms with E-state index in [0.29, 0.717) is 0 Å². The molecule has 3 heteroatoms. The standard InChI is InChI=1S/C18H22FNO/c1-12-6-5-7-15(10-12)13(2)20-14(3)16-8-9-18(21-4)17(19)11-16/h5-11,13-14,20H,1-4H3. The molecule has 0 spiro atoms. The van der Waals surface area contributed by atoms with E-state index < -0.39 is 0 Å². The molecule has 2 rings (SSSR count). The average molecular weight is 287 g/mol. The van der Waals surface area contributed by atoms with Gasteiger partial charge in [0.15, 0.2) is 11.6 Å².